The second-order valence-electron chi connectivity index (χ2n) is 8.03. The van der Waals surface area contributed by atoms with Crippen molar-refractivity contribution in [2.24, 2.45) is 5.10 Å². The number of carbonyl (C=O) groups is 1. The topological polar surface area (TPSA) is 114 Å². The molecule has 1 saturated heterocycles. The summed E-state index contributed by atoms with van der Waals surface area (Å²) in [5.41, 5.74) is 1.43. The van der Waals surface area contributed by atoms with Crippen molar-refractivity contribution in [1.82, 2.24) is 15.0 Å². The van der Waals surface area contributed by atoms with E-state index < -0.39 is 15.7 Å². The van der Waals surface area contributed by atoms with Gasteiger partial charge >= 0.3 is 0 Å². The van der Waals surface area contributed by atoms with E-state index in [0.717, 1.165) is 25.9 Å². The van der Waals surface area contributed by atoms with Crippen LogP contribution in [0.15, 0.2) is 46.4 Å². The highest BCUT2D eigenvalue weighted by atomic mass is 32.2. The third-order valence-corrected chi connectivity index (χ3v) is 8.78. The standard InChI is InChI=1S/C22H23N5O4S2/c1-31-18-11-10-17-21(24-18)32-22(23-17)25-20(28)19(26-27-12-2-3-13-27)14-4-6-15(7-5-14)33(29,30)16-8-9-16/h4-7,10-11,16H,2-3,8-9,12-13H2,1H3,(H,23,25,28)/b26-19+. The SMILES string of the molecule is COc1ccc2nc(NC(=O)/C(=N/N3CCCC3)c3ccc(S(=O)(=O)C4CC4)cc3)sc2n1. The molecule has 0 unspecified atom stereocenters. The number of rotatable bonds is 7. The van der Waals surface area contributed by atoms with Crippen LogP contribution in [-0.2, 0) is 14.6 Å². The zero-order chi connectivity index (χ0) is 23.0. The van der Waals surface area contributed by atoms with Crippen LogP contribution in [-0.4, -0.2) is 60.5 Å². The van der Waals surface area contributed by atoms with E-state index in [4.69, 9.17) is 4.74 Å². The first-order valence-corrected chi connectivity index (χ1v) is 13.1. The molecule has 0 radical (unpaired) electrons. The van der Waals surface area contributed by atoms with E-state index in [1.54, 1.807) is 43.5 Å². The molecule has 3 heterocycles. The fraction of sp³-hybridized carbons (Fsp3) is 0.364. The first-order chi connectivity index (χ1) is 15.9. The first kappa shape index (κ1) is 21.8. The summed E-state index contributed by atoms with van der Waals surface area (Å²) in [5, 5.41) is 9.41. The molecular weight excluding hydrogens is 462 g/mol. The molecule has 2 aliphatic rings. The molecule has 1 aliphatic heterocycles. The highest BCUT2D eigenvalue weighted by Gasteiger charge is 2.36. The lowest BCUT2D eigenvalue weighted by Crippen LogP contribution is -2.27. The Kier molecular flexibility index (Phi) is 5.75. The predicted molar refractivity (Wildman–Crippen MR) is 127 cm³/mol. The highest BCUT2D eigenvalue weighted by Crippen LogP contribution is 2.33. The molecule has 0 spiro atoms. The van der Waals surface area contributed by atoms with Crippen molar-refractivity contribution in [2.75, 3.05) is 25.5 Å². The zero-order valence-electron chi connectivity index (χ0n) is 18.0. The van der Waals surface area contributed by atoms with Crippen molar-refractivity contribution in [3.63, 3.8) is 0 Å². The van der Waals surface area contributed by atoms with E-state index in [-0.39, 0.29) is 15.9 Å². The summed E-state index contributed by atoms with van der Waals surface area (Å²) in [5.74, 6) is 0.0623. The Morgan fingerprint density at radius 2 is 1.85 bits per heavy atom. The minimum Gasteiger partial charge on any atom is -0.481 e. The number of hydrogen-bond acceptors (Lipinski definition) is 9. The van der Waals surface area contributed by atoms with Gasteiger partial charge in [-0.15, -0.1) is 0 Å². The van der Waals surface area contributed by atoms with E-state index in [0.29, 0.717) is 39.8 Å². The van der Waals surface area contributed by atoms with Crippen molar-refractivity contribution in [3.05, 3.63) is 42.0 Å². The molecule has 1 saturated carbocycles. The van der Waals surface area contributed by atoms with Crippen molar-refractivity contribution in [3.8, 4) is 5.88 Å². The van der Waals surface area contributed by atoms with Crippen molar-refractivity contribution in [2.45, 2.75) is 35.8 Å². The molecule has 5 rings (SSSR count). The summed E-state index contributed by atoms with van der Waals surface area (Å²) in [6.07, 6.45) is 3.44. The number of benzene rings is 1. The van der Waals surface area contributed by atoms with Gasteiger partial charge in [0.1, 0.15) is 10.3 Å². The average molecular weight is 486 g/mol. The number of nitrogens with one attached hydrogen (secondary N) is 1. The largest absolute Gasteiger partial charge is 0.481 e. The van der Waals surface area contributed by atoms with Crippen LogP contribution < -0.4 is 10.1 Å². The molecule has 2 fully saturated rings. The molecule has 33 heavy (non-hydrogen) atoms. The van der Waals surface area contributed by atoms with Crippen LogP contribution in [0.4, 0.5) is 5.13 Å². The Bertz CT molecular complexity index is 1320. The van der Waals surface area contributed by atoms with E-state index in [2.05, 4.69) is 20.4 Å². The third-order valence-electron chi connectivity index (χ3n) is 5.62. The molecule has 3 aromatic rings. The Hall–Kier alpha value is -3.05. The Balaban J connectivity index is 1.43. The smallest absolute Gasteiger partial charge is 0.278 e. The number of thiazole rings is 1. The van der Waals surface area contributed by atoms with E-state index in [1.165, 1.54) is 11.3 Å². The molecule has 1 amide bonds. The number of sulfone groups is 1. The molecule has 2 aromatic heterocycles. The van der Waals surface area contributed by atoms with Gasteiger partial charge in [0.05, 0.1) is 17.3 Å². The molecule has 9 nitrogen and oxygen atoms in total. The van der Waals surface area contributed by atoms with E-state index in [9.17, 15) is 13.2 Å². The van der Waals surface area contributed by atoms with Crippen LogP contribution in [0.3, 0.4) is 0 Å². The van der Waals surface area contributed by atoms with Gasteiger partial charge < -0.3 is 4.74 Å². The second kappa shape index (κ2) is 8.71. The van der Waals surface area contributed by atoms with E-state index >= 15 is 0 Å². The molecule has 0 atom stereocenters. The van der Waals surface area contributed by atoms with Crippen LogP contribution in [0.5, 0.6) is 5.88 Å². The normalized spacial score (nSPS) is 16.9. The Morgan fingerprint density at radius 1 is 1.12 bits per heavy atom. The highest BCUT2D eigenvalue weighted by molar-refractivity contribution is 7.92. The van der Waals surface area contributed by atoms with Crippen LogP contribution in [0.2, 0.25) is 0 Å². The monoisotopic (exact) mass is 485 g/mol. The van der Waals surface area contributed by atoms with Gasteiger partial charge in [0, 0.05) is 24.7 Å². The van der Waals surface area contributed by atoms with Crippen LogP contribution in [0.1, 0.15) is 31.2 Å². The molecule has 11 heteroatoms. The van der Waals surface area contributed by atoms with Gasteiger partial charge in [0.2, 0.25) is 5.88 Å². The van der Waals surface area contributed by atoms with Crippen LogP contribution >= 0.6 is 11.3 Å². The Labute approximate surface area is 195 Å². The van der Waals surface area contributed by atoms with Gasteiger partial charge in [0.25, 0.3) is 5.91 Å². The minimum absolute atomic E-state index is 0.220. The van der Waals surface area contributed by atoms with Gasteiger partial charge in [-0.25, -0.2) is 18.4 Å². The van der Waals surface area contributed by atoms with Crippen molar-refractivity contribution >= 4 is 48.3 Å². The number of pyridine rings is 1. The lowest BCUT2D eigenvalue weighted by Gasteiger charge is -2.14. The van der Waals surface area contributed by atoms with Crippen molar-refractivity contribution < 1.29 is 17.9 Å². The quantitative estimate of drug-likeness (QED) is 0.512. The van der Waals surface area contributed by atoms with Gasteiger partial charge in [-0.3, -0.25) is 15.1 Å². The summed E-state index contributed by atoms with van der Waals surface area (Å²) >= 11 is 1.24. The van der Waals surface area contributed by atoms with Gasteiger partial charge in [-0.05, 0) is 43.9 Å². The minimum atomic E-state index is -3.30. The summed E-state index contributed by atoms with van der Waals surface area (Å²) in [6.45, 7) is 1.55. The third kappa shape index (κ3) is 4.55. The number of hydrazone groups is 1. The maximum absolute atomic E-state index is 13.2. The zero-order valence-corrected chi connectivity index (χ0v) is 19.7. The second-order valence-corrected chi connectivity index (χ2v) is 11.2. The molecule has 172 valence electrons. The first-order valence-electron chi connectivity index (χ1n) is 10.7. The van der Waals surface area contributed by atoms with E-state index in [1.807, 2.05) is 5.01 Å². The summed E-state index contributed by atoms with van der Waals surface area (Å²) in [7, 11) is -1.75. The van der Waals surface area contributed by atoms with Gasteiger partial charge in [0.15, 0.2) is 20.7 Å². The van der Waals surface area contributed by atoms with Crippen LogP contribution in [0, 0.1) is 0 Å². The number of fused-ring (bicyclic) bond motifs is 1. The molecule has 1 N–H and O–H groups in total. The molecule has 0 bridgehead atoms. The maximum Gasteiger partial charge on any atom is 0.278 e. The lowest BCUT2D eigenvalue weighted by atomic mass is 10.1. The number of anilines is 1. The lowest BCUT2D eigenvalue weighted by molar-refractivity contribution is -0.110. The maximum atomic E-state index is 13.2. The summed E-state index contributed by atoms with van der Waals surface area (Å²) < 4.78 is 30.2. The fourth-order valence-corrected chi connectivity index (χ4v) is 6.15. The van der Waals surface area contributed by atoms with Crippen molar-refractivity contribution in [1.29, 1.82) is 0 Å². The molecular formula is C22H23N5O4S2. The predicted octanol–water partition coefficient (Wildman–Crippen LogP) is 3.07. The molecule has 1 aromatic carbocycles. The number of nitrogens with zero attached hydrogens (tertiary/aromatic N) is 4. The number of ether oxygens (including phenoxy) is 1. The number of carbonyl (C=O) groups excluding carboxylic acids is 1. The average Bonchev–Trinajstić information content (AvgIpc) is 3.42. The number of methoxy groups -OCH3 is 1. The summed E-state index contributed by atoms with van der Waals surface area (Å²) in [6, 6.07) is 9.91. The van der Waals surface area contributed by atoms with Crippen LogP contribution in [0.25, 0.3) is 10.3 Å². The Morgan fingerprint density at radius 3 is 2.52 bits per heavy atom. The number of hydrogen-bond donors (Lipinski definition) is 1. The fourth-order valence-electron chi connectivity index (χ4n) is 3.67. The molecule has 1 aliphatic carbocycles. The summed E-state index contributed by atoms with van der Waals surface area (Å²) in [4.78, 5) is 22.9. The van der Waals surface area contributed by atoms with Gasteiger partial charge in [-0.2, -0.15) is 5.10 Å². The number of amides is 1. The van der Waals surface area contributed by atoms with Gasteiger partial charge in [-0.1, -0.05) is 23.5 Å². The number of aromatic nitrogens is 2.